The van der Waals surface area contributed by atoms with Crippen LogP contribution in [0.25, 0.3) is 0 Å². The lowest BCUT2D eigenvalue weighted by Crippen LogP contribution is -2.45. The fourth-order valence-corrected chi connectivity index (χ4v) is 4.02. The fourth-order valence-electron chi connectivity index (χ4n) is 2.83. The summed E-state index contributed by atoms with van der Waals surface area (Å²) in [6.45, 7) is 12.8. The van der Waals surface area contributed by atoms with Crippen molar-refractivity contribution in [2.24, 2.45) is 10.8 Å². The second-order valence-corrected chi connectivity index (χ2v) is 12.3. The van der Waals surface area contributed by atoms with Crippen molar-refractivity contribution >= 4 is 41.4 Å². The van der Waals surface area contributed by atoms with E-state index in [0.29, 0.717) is 13.0 Å². The van der Waals surface area contributed by atoms with Crippen LogP contribution in [0.4, 0.5) is 0 Å². The molecule has 11 nitrogen and oxygen atoms in total. The van der Waals surface area contributed by atoms with Crippen molar-refractivity contribution in [1.82, 2.24) is 16.0 Å². The number of nitrogens with one attached hydrogen (secondary N) is 3. The average Bonchev–Trinajstić information content (AvgIpc) is 2.75. The largest absolute Gasteiger partial charge is 0.480 e. The number of carboxylic acids is 2. The van der Waals surface area contributed by atoms with Crippen molar-refractivity contribution < 1.29 is 38.9 Å². The van der Waals surface area contributed by atoms with E-state index in [2.05, 4.69) is 36.7 Å². The number of carbonyl (C=O) groups excluding carboxylic acids is 3. The Kier molecular flexibility index (Phi) is 16.1. The molecule has 214 valence electrons. The lowest BCUT2D eigenvalue weighted by atomic mass is 9.90. The van der Waals surface area contributed by atoms with Gasteiger partial charge in [-0.3, -0.25) is 14.4 Å². The van der Waals surface area contributed by atoms with E-state index in [0.717, 1.165) is 12.2 Å². The van der Waals surface area contributed by atoms with Gasteiger partial charge in [0, 0.05) is 31.6 Å². The number of hydrogen-bond donors (Lipinski definition) is 5. The van der Waals surface area contributed by atoms with Gasteiger partial charge in [0.25, 0.3) is 0 Å². The van der Waals surface area contributed by atoms with E-state index < -0.39 is 35.8 Å². The summed E-state index contributed by atoms with van der Waals surface area (Å²) in [5, 5.41) is 26.2. The average molecular weight is 548 g/mol. The molecular formula is C25H45N3O8S. The van der Waals surface area contributed by atoms with Gasteiger partial charge in [-0.1, -0.05) is 41.5 Å². The van der Waals surface area contributed by atoms with Crippen molar-refractivity contribution in [1.29, 1.82) is 0 Å². The van der Waals surface area contributed by atoms with E-state index in [9.17, 15) is 34.2 Å². The minimum absolute atomic E-state index is 0.0114. The Morgan fingerprint density at radius 1 is 0.757 bits per heavy atom. The topological polar surface area (TPSA) is 171 Å². The van der Waals surface area contributed by atoms with Gasteiger partial charge in [0.15, 0.2) is 0 Å². The molecule has 0 unspecified atom stereocenters. The lowest BCUT2D eigenvalue weighted by molar-refractivity contribution is -0.143. The molecule has 0 saturated heterocycles. The molecule has 0 bridgehead atoms. The lowest BCUT2D eigenvalue weighted by Gasteiger charge is -2.20. The summed E-state index contributed by atoms with van der Waals surface area (Å²) in [6.07, 6.45) is 0.669. The predicted octanol–water partition coefficient (Wildman–Crippen LogP) is 2.03. The first-order valence-corrected chi connectivity index (χ1v) is 13.6. The highest BCUT2D eigenvalue weighted by Crippen LogP contribution is 2.21. The van der Waals surface area contributed by atoms with Gasteiger partial charge >= 0.3 is 11.9 Å². The normalized spacial score (nSPS) is 13.4. The number of carbonyl (C=O) groups is 5. The Morgan fingerprint density at radius 3 is 1.86 bits per heavy atom. The third kappa shape index (κ3) is 20.4. The van der Waals surface area contributed by atoms with Gasteiger partial charge in [-0.2, -0.15) is 11.8 Å². The monoisotopic (exact) mass is 547 g/mol. The molecule has 0 aromatic heterocycles. The molecule has 37 heavy (non-hydrogen) atoms. The van der Waals surface area contributed by atoms with Crippen molar-refractivity contribution in [3.63, 3.8) is 0 Å². The molecule has 0 radical (unpaired) electrons. The van der Waals surface area contributed by atoms with Gasteiger partial charge in [0.1, 0.15) is 12.1 Å². The van der Waals surface area contributed by atoms with Crippen molar-refractivity contribution in [3.8, 4) is 0 Å². The smallest absolute Gasteiger partial charge is 0.327 e. The molecule has 5 N–H and O–H groups in total. The van der Waals surface area contributed by atoms with Crippen LogP contribution in [0.1, 0.15) is 73.6 Å². The van der Waals surface area contributed by atoms with Crippen LogP contribution < -0.4 is 16.0 Å². The quantitative estimate of drug-likeness (QED) is 0.161. The third-order valence-electron chi connectivity index (χ3n) is 4.89. The van der Waals surface area contributed by atoms with Crippen LogP contribution in [0.3, 0.4) is 0 Å². The van der Waals surface area contributed by atoms with Crippen LogP contribution in [-0.4, -0.2) is 83.2 Å². The van der Waals surface area contributed by atoms with Crippen molar-refractivity contribution in [2.45, 2.75) is 85.7 Å². The predicted molar refractivity (Wildman–Crippen MR) is 142 cm³/mol. The van der Waals surface area contributed by atoms with Gasteiger partial charge in [0.05, 0.1) is 13.2 Å². The summed E-state index contributed by atoms with van der Waals surface area (Å²) in [5.74, 6) is -2.77. The zero-order valence-electron chi connectivity index (χ0n) is 23.0. The highest BCUT2D eigenvalue weighted by atomic mass is 32.2. The fraction of sp³-hybridized carbons (Fsp3) is 0.800. The summed E-state index contributed by atoms with van der Waals surface area (Å²) in [6, 6.07) is -2.38. The minimum Gasteiger partial charge on any atom is -0.480 e. The van der Waals surface area contributed by atoms with E-state index in [4.69, 9.17) is 4.74 Å². The van der Waals surface area contributed by atoms with Crippen LogP contribution in [0.5, 0.6) is 0 Å². The van der Waals surface area contributed by atoms with E-state index in [1.54, 1.807) is 0 Å². The van der Waals surface area contributed by atoms with Gasteiger partial charge < -0.3 is 30.9 Å². The molecular weight excluding hydrogens is 502 g/mol. The van der Waals surface area contributed by atoms with Gasteiger partial charge in [-0.15, -0.1) is 0 Å². The molecule has 0 aromatic rings. The molecule has 3 amide bonds. The van der Waals surface area contributed by atoms with E-state index >= 15 is 0 Å². The molecule has 0 aliphatic heterocycles. The van der Waals surface area contributed by atoms with Gasteiger partial charge in [0.2, 0.25) is 17.7 Å². The SMILES string of the molecule is CC(C)(C)CCC(=O)NCCOCCC(=O)N[C@@H](CCC(=O)N[C@@H](CSCC(C)(C)C)C(=O)O)C(=O)O. The Bertz CT molecular complexity index is 762. The highest BCUT2D eigenvalue weighted by molar-refractivity contribution is 7.99. The number of carboxylic acid groups (broad SMARTS) is 2. The molecule has 0 fully saturated rings. The molecule has 0 aliphatic rings. The van der Waals surface area contributed by atoms with Gasteiger partial charge in [-0.05, 0) is 29.4 Å². The zero-order chi connectivity index (χ0) is 28.6. The van der Waals surface area contributed by atoms with E-state index in [-0.39, 0.29) is 55.0 Å². The first-order chi connectivity index (χ1) is 17.0. The maximum absolute atomic E-state index is 12.2. The maximum atomic E-state index is 12.2. The summed E-state index contributed by atoms with van der Waals surface area (Å²) in [7, 11) is 0. The first-order valence-electron chi connectivity index (χ1n) is 12.5. The zero-order valence-corrected chi connectivity index (χ0v) is 23.8. The molecule has 0 aromatic carbocycles. The van der Waals surface area contributed by atoms with E-state index in [1.807, 2.05) is 20.8 Å². The maximum Gasteiger partial charge on any atom is 0.327 e. The van der Waals surface area contributed by atoms with Crippen LogP contribution in [-0.2, 0) is 28.7 Å². The highest BCUT2D eigenvalue weighted by Gasteiger charge is 2.24. The molecule has 0 saturated carbocycles. The number of rotatable bonds is 18. The molecule has 0 spiro atoms. The first kappa shape index (κ1) is 34.7. The second kappa shape index (κ2) is 17.2. The molecule has 2 atom stereocenters. The van der Waals surface area contributed by atoms with Crippen LogP contribution in [0, 0.1) is 10.8 Å². The number of hydrogen-bond acceptors (Lipinski definition) is 7. The Labute approximate surface area is 224 Å². The Hall–Kier alpha value is -2.34. The summed E-state index contributed by atoms with van der Waals surface area (Å²) in [5.41, 5.74) is 0.0856. The van der Waals surface area contributed by atoms with Crippen molar-refractivity contribution in [3.05, 3.63) is 0 Å². The third-order valence-corrected chi connectivity index (χ3v) is 6.53. The number of amides is 3. The molecule has 0 rings (SSSR count). The molecule has 0 heterocycles. The van der Waals surface area contributed by atoms with E-state index in [1.165, 1.54) is 11.8 Å². The minimum atomic E-state index is -1.30. The number of thioether (sulfide) groups is 1. The second-order valence-electron chi connectivity index (χ2n) is 11.3. The number of aliphatic carboxylic acids is 2. The number of ether oxygens (including phenoxy) is 1. The summed E-state index contributed by atoms with van der Waals surface area (Å²) < 4.78 is 5.31. The molecule has 12 heteroatoms. The standard InChI is InChI=1S/C25H45N3O8S/c1-24(2,3)11-9-19(29)26-12-14-36-13-10-21(31)27-17(22(32)33)7-8-20(30)28-18(23(34)35)15-37-16-25(4,5)6/h17-18H,7-16H2,1-6H3,(H,26,29)(H,27,31)(H,28,30)(H,32,33)(H,34,35)/t17-,18-/m0/s1. The summed E-state index contributed by atoms with van der Waals surface area (Å²) >= 11 is 1.41. The van der Waals surface area contributed by atoms with Crippen LogP contribution in [0.2, 0.25) is 0 Å². The van der Waals surface area contributed by atoms with Gasteiger partial charge in [-0.25, -0.2) is 9.59 Å². The Morgan fingerprint density at radius 2 is 1.32 bits per heavy atom. The van der Waals surface area contributed by atoms with Crippen LogP contribution >= 0.6 is 11.8 Å². The summed E-state index contributed by atoms with van der Waals surface area (Å²) in [4.78, 5) is 59.0. The molecule has 0 aliphatic carbocycles. The Balaban J connectivity index is 4.30. The van der Waals surface area contributed by atoms with Crippen molar-refractivity contribution in [2.75, 3.05) is 31.3 Å². The van der Waals surface area contributed by atoms with Crippen LogP contribution in [0.15, 0.2) is 0 Å².